The number of para-hydroxylation sites is 1. The summed E-state index contributed by atoms with van der Waals surface area (Å²) >= 11 is 0. The summed E-state index contributed by atoms with van der Waals surface area (Å²) in [7, 11) is 1.77. The number of nitrogens with two attached hydrogens (primary N) is 1. The number of rotatable bonds is 4. The van der Waals surface area contributed by atoms with E-state index in [9.17, 15) is 4.79 Å². The molecule has 0 saturated heterocycles. The maximum absolute atomic E-state index is 12.4. The van der Waals surface area contributed by atoms with Crippen LogP contribution in [0.5, 0.6) is 0 Å². The summed E-state index contributed by atoms with van der Waals surface area (Å²) < 4.78 is 0. The molecule has 0 fully saturated rings. The SMILES string of the molecule is Cc1ccccc1N(C)C(=O)[C@@H](N)Cc1ccccc1. The number of hydrogen-bond acceptors (Lipinski definition) is 2. The molecule has 2 N–H and O–H groups in total. The van der Waals surface area contributed by atoms with Crippen molar-refractivity contribution in [2.24, 2.45) is 5.73 Å². The van der Waals surface area contributed by atoms with Gasteiger partial charge in [0, 0.05) is 12.7 Å². The fraction of sp³-hybridized carbons (Fsp3) is 0.235. The smallest absolute Gasteiger partial charge is 0.243 e. The van der Waals surface area contributed by atoms with Gasteiger partial charge in [0.25, 0.3) is 0 Å². The Morgan fingerprint density at radius 2 is 1.70 bits per heavy atom. The van der Waals surface area contributed by atoms with Crippen LogP contribution in [0.2, 0.25) is 0 Å². The summed E-state index contributed by atoms with van der Waals surface area (Å²) in [6, 6.07) is 17.1. The summed E-state index contributed by atoms with van der Waals surface area (Å²) in [5.41, 5.74) is 9.09. The molecule has 2 rings (SSSR count). The Hall–Kier alpha value is -2.13. The molecular weight excluding hydrogens is 248 g/mol. The standard InChI is InChI=1S/C17H20N2O/c1-13-8-6-7-11-16(13)19(2)17(20)15(18)12-14-9-4-3-5-10-14/h3-11,15H,12,18H2,1-2H3/t15-/m0/s1. The van der Waals surface area contributed by atoms with Gasteiger partial charge in [-0.3, -0.25) is 4.79 Å². The van der Waals surface area contributed by atoms with Crippen LogP contribution in [0.25, 0.3) is 0 Å². The zero-order valence-electron chi connectivity index (χ0n) is 11.9. The highest BCUT2D eigenvalue weighted by Crippen LogP contribution is 2.18. The number of anilines is 1. The fourth-order valence-corrected chi connectivity index (χ4v) is 2.26. The third-order valence-electron chi connectivity index (χ3n) is 3.42. The zero-order chi connectivity index (χ0) is 14.5. The van der Waals surface area contributed by atoms with Crippen molar-refractivity contribution in [3.63, 3.8) is 0 Å². The minimum absolute atomic E-state index is 0.0665. The molecule has 0 spiro atoms. The van der Waals surface area contributed by atoms with Crippen molar-refractivity contribution >= 4 is 11.6 Å². The third-order valence-corrected chi connectivity index (χ3v) is 3.42. The Morgan fingerprint density at radius 1 is 1.10 bits per heavy atom. The molecule has 2 aromatic rings. The largest absolute Gasteiger partial charge is 0.320 e. The molecular formula is C17H20N2O. The molecule has 0 aliphatic rings. The first-order valence-corrected chi connectivity index (χ1v) is 6.72. The lowest BCUT2D eigenvalue weighted by atomic mass is 10.1. The van der Waals surface area contributed by atoms with Crippen LogP contribution >= 0.6 is 0 Å². The number of aryl methyl sites for hydroxylation is 1. The van der Waals surface area contributed by atoms with Gasteiger partial charge in [-0.25, -0.2) is 0 Å². The molecule has 2 aromatic carbocycles. The van der Waals surface area contributed by atoms with Crippen LogP contribution in [0.1, 0.15) is 11.1 Å². The van der Waals surface area contributed by atoms with Crippen molar-refractivity contribution in [3.05, 3.63) is 65.7 Å². The maximum atomic E-state index is 12.4. The molecule has 3 heteroatoms. The van der Waals surface area contributed by atoms with Crippen molar-refractivity contribution in [3.8, 4) is 0 Å². The van der Waals surface area contributed by atoms with E-state index in [2.05, 4.69) is 0 Å². The van der Waals surface area contributed by atoms with Gasteiger partial charge in [0.05, 0.1) is 6.04 Å². The van der Waals surface area contributed by atoms with Crippen molar-refractivity contribution in [2.75, 3.05) is 11.9 Å². The average molecular weight is 268 g/mol. The number of carbonyl (C=O) groups is 1. The number of hydrogen-bond donors (Lipinski definition) is 1. The predicted octanol–water partition coefficient (Wildman–Crippen LogP) is 2.53. The lowest BCUT2D eigenvalue weighted by molar-refractivity contribution is -0.119. The second kappa shape index (κ2) is 6.35. The Kier molecular flexibility index (Phi) is 4.53. The number of likely N-dealkylation sites (N-methyl/N-ethyl adjacent to an activating group) is 1. The zero-order valence-corrected chi connectivity index (χ0v) is 11.9. The summed E-state index contributed by atoms with van der Waals surface area (Å²) in [5.74, 6) is -0.0665. The molecule has 20 heavy (non-hydrogen) atoms. The fourth-order valence-electron chi connectivity index (χ4n) is 2.26. The molecule has 104 valence electrons. The van der Waals surface area contributed by atoms with Gasteiger partial charge in [-0.15, -0.1) is 0 Å². The van der Waals surface area contributed by atoms with Crippen LogP contribution in [0, 0.1) is 6.92 Å². The molecule has 0 aliphatic carbocycles. The van der Waals surface area contributed by atoms with Crippen molar-refractivity contribution in [1.82, 2.24) is 0 Å². The average Bonchev–Trinajstić information content (AvgIpc) is 2.47. The molecule has 0 radical (unpaired) electrons. The molecule has 3 nitrogen and oxygen atoms in total. The lowest BCUT2D eigenvalue weighted by Gasteiger charge is -2.23. The van der Waals surface area contributed by atoms with E-state index in [1.807, 2.05) is 61.5 Å². The van der Waals surface area contributed by atoms with Gasteiger partial charge in [-0.1, -0.05) is 48.5 Å². The van der Waals surface area contributed by atoms with Gasteiger partial charge in [-0.2, -0.15) is 0 Å². The van der Waals surface area contributed by atoms with Crippen molar-refractivity contribution < 1.29 is 4.79 Å². The molecule has 1 amide bonds. The highest BCUT2D eigenvalue weighted by molar-refractivity contribution is 5.97. The van der Waals surface area contributed by atoms with Gasteiger partial charge < -0.3 is 10.6 Å². The maximum Gasteiger partial charge on any atom is 0.243 e. The van der Waals surface area contributed by atoms with Gasteiger partial charge in [0.2, 0.25) is 5.91 Å². The quantitative estimate of drug-likeness (QED) is 0.926. The van der Waals surface area contributed by atoms with E-state index in [1.54, 1.807) is 11.9 Å². The number of benzene rings is 2. The van der Waals surface area contributed by atoms with Gasteiger partial charge >= 0.3 is 0 Å². The molecule has 0 saturated carbocycles. The first-order valence-electron chi connectivity index (χ1n) is 6.72. The van der Waals surface area contributed by atoms with E-state index in [0.29, 0.717) is 6.42 Å². The number of nitrogens with zero attached hydrogens (tertiary/aromatic N) is 1. The van der Waals surface area contributed by atoms with Gasteiger partial charge in [-0.05, 0) is 30.5 Å². The highest BCUT2D eigenvalue weighted by atomic mass is 16.2. The number of amides is 1. The topological polar surface area (TPSA) is 46.3 Å². The second-order valence-corrected chi connectivity index (χ2v) is 4.98. The molecule has 0 aliphatic heterocycles. The summed E-state index contributed by atoms with van der Waals surface area (Å²) in [4.78, 5) is 14.0. The molecule has 0 bridgehead atoms. The summed E-state index contributed by atoms with van der Waals surface area (Å²) in [6.45, 7) is 1.99. The Labute approximate surface area is 120 Å². The minimum atomic E-state index is -0.526. The van der Waals surface area contributed by atoms with E-state index >= 15 is 0 Å². The molecule has 0 heterocycles. The van der Waals surface area contributed by atoms with Crippen LogP contribution in [0.4, 0.5) is 5.69 Å². The first-order chi connectivity index (χ1) is 9.59. The van der Waals surface area contributed by atoms with E-state index < -0.39 is 6.04 Å². The summed E-state index contributed by atoms with van der Waals surface area (Å²) in [5, 5.41) is 0. The summed E-state index contributed by atoms with van der Waals surface area (Å²) in [6.07, 6.45) is 0.551. The van der Waals surface area contributed by atoms with Crippen LogP contribution in [-0.2, 0) is 11.2 Å². The monoisotopic (exact) mass is 268 g/mol. The Balaban J connectivity index is 2.09. The van der Waals surface area contributed by atoms with E-state index in [-0.39, 0.29) is 5.91 Å². The van der Waals surface area contributed by atoms with Crippen LogP contribution in [-0.4, -0.2) is 19.0 Å². The predicted molar refractivity (Wildman–Crippen MR) is 82.7 cm³/mol. The van der Waals surface area contributed by atoms with E-state index in [1.165, 1.54) is 0 Å². The van der Waals surface area contributed by atoms with Gasteiger partial charge in [0.1, 0.15) is 0 Å². The van der Waals surface area contributed by atoms with Crippen LogP contribution in [0.3, 0.4) is 0 Å². The van der Waals surface area contributed by atoms with Crippen LogP contribution in [0.15, 0.2) is 54.6 Å². The molecule has 0 unspecified atom stereocenters. The molecule has 1 atom stereocenters. The molecule has 0 aromatic heterocycles. The Bertz CT molecular complexity index is 581. The Morgan fingerprint density at radius 3 is 2.35 bits per heavy atom. The second-order valence-electron chi connectivity index (χ2n) is 4.98. The normalized spacial score (nSPS) is 11.9. The van der Waals surface area contributed by atoms with Crippen molar-refractivity contribution in [1.29, 1.82) is 0 Å². The third kappa shape index (κ3) is 3.25. The number of carbonyl (C=O) groups excluding carboxylic acids is 1. The minimum Gasteiger partial charge on any atom is -0.320 e. The lowest BCUT2D eigenvalue weighted by Crippen LogP contribution is -2.43. The highest BCUT2D eigenvalue weighted by Gasteiger charge is 2.20. The van der Waals surface area contributed by atoms with Gasteiger partial charge in [0.15, 0.2) is 0 Å². The van der Waals surface area contributed by atoms with E-state index in [4.69, 9.17) is 5.73 Å². The van der Waals surface area contributed by atoms with Crippen molar-refractivity contribution in [2.45, 2.75) is 19.4 Å². The first kappa shape index (κ1) is 14.3. The van der Waals surface area contributed by atoms with E-state index in [0.717, 1.165) is 16.8 Å². The van der Waals surface area contributed by atoms with Crippen LogP contribution < -0.4 is 10.6 Å².